The van der Waals surface area contributed by atoms with Crippen LogP contribution in [0.3, 0.4) is 0 Å². The van der Waals surface area contributed by atoms with Gasteiger partial charge < -0.3 is 21.3 Å². The molecule has 9 nitrogen and oxygen atoms in total. The van der Waals surface area contributed by atoms with Gasteiger partial charge in [-0.15, -0.1) is 0 Å². The quantitative estimate of drug-likeness (QED) is 0.405. The van der Waals surface area contributed by atoms with Crippen LogP contribution >= 0.6 is 0 Å². The lowest BCUT2D eigenvalue weighted by atomic mass is 10.2. The van der Waals surface area contributed by atoms with E-state index >= 15 is 0 Å². The molecular weight excluding hydrogens is 292 g/mol. The second-order valence-electron chi connectivity index (χ2n) is 4.80. The van der Waals surface area contributed by atoms with E-state index in [1.807, 2.05) is 0 Å². The minimum atomic E-state index is -0.966. The lowest BCUT2D eigenvalue weighted by Gasteiger charge is -2.20. The average molecular weight is 314 g/mol. The van der Waals surface area contributed by atoms with E-state index in [9.17, 15) is 24.0 Å². The molecule has 124 valence electrons. The summed E-state index contributed by atoms with van der Waals surface area (Å²) in [6.07, 6.45) is 0. The van der Waals surface area contributed by atoms with E-state index in [0.29, 0.717) is 0 Å². The molecule has 0 aliphatic carbocycles. The van der Waals surface area contributed by atoms with Crippen LogP contribution in [0.1, 0.15) is 27.7 Å². The van der Waals surface area contributed by atoms with Crippen LogP contribution in [-0.2, 0) is 24.0 Å². The lowest BCUT2D eigenvalue weighted by molar-refractivity contribution is -0.129. The number of hydrogen-bond donors (Lipinski definition) is 4. The van der Waals surface area contributed by atoms with Crippen molar-refractivity contribution in [3.63, 3.8) is 0 Å². The molecule has 2 unspecified atom stereocenters. The first-order chi connectivity index (χ1) is 10.1. The standard InChI is InChI=1S/C13H22N4O5/c1-7(18)11(16-9(3)20)5-15-13(22)12(17-10(4)21)6-14-8(2)19/h11-12H,5-6H2,1-4H3,(H,14,19)(H,15,22)(H,16,20)(H,17,21). The Hall–Kier alpha value is -2.45. The van der Waals surface area contributed by atoms with Gasteiger partial charge >= 0.3 is 0 Å². The smallest absolute Gasteiger partial charge is 0.244 e. The minimum absolute atomic E-state index is 0.0778. The highest BCUT2D eigenvalue weighted by molar-refractivity contribution is 5.90. The molecule has 0 saturated carbocycles. The van der Waals surface area contributed by atoms with Crippen LogP contribution in [0, 0.1) is 0 Å². The summed E-state index contributed by atoms with van der Waals surface area (Å²) in [4.78, 5) is 56.3. The molecule has 22 heavy (non-hydrogen) atoms. The van der Waals surface area contributed by atoms with Gasteiger partial charge in [-0.2, -0.15) is 0 Å². The van der Waals surface area contributed by atoms with Crippen molar-refractivity contribution in [1.82, 2.24) is 21.3 Å². The van der Waals surface area contributed by atoms with Gasteiger partial charge in [0.05, 0.1) is 0 Å². The van der Waals surface area contributed by atoms with Crippen molar-refractivity contribution in [3.05, 3.63) is 0 Å². The molecule has 0 aromatic carbocycles. The Bertz CT molecular complexity index is 463. The zero-order valence-electron chi connectivity index (χ0n) is 13.1. The summed E-state index contributed by atoms with van der Waals surface area (Å²) in [5, 5.41) is 9.68. The molecule has 0 rings (SSSR count). The van der Waals surface area contributed by atoms with Crippen LogP contribution in [-0.4, -0.2) is 54.6 Å². The second kappa shape index (κ2) is 9.48. The second-order valence-corrected chi connectivity index (χ2v) is 4.80. The first-order valence-corrected chi connectivity index (χ1v) is 6.70. The summed E-state index contributed by atoms with van der Waals surface area (Å²) >= 11 is 0. The van der Waals surface area contributed by atoms with Crippen LogP contribution in [0.5, 0.6) is 0 Å². The van der Waals surface area contributed by atoms with Gasteiger partial charge in [0.2, 0.25) is 23.6 Å². The first-order valence-electron chi connectivity index (χ1n) is 6.70. The van der Waals surface area contributed by atoms with Gasteiger partial charge in [0.1, 0.15) is 12.1 Å². The van der Waals surface area contributed by atoms with Crippen LogP contribution < -0.4 is 21.3 Å². The number of Topliss-reactive ketones (excluding diaryl/α,β-unsaturated/α-hetero) is 1. The van der Waals surface area contributed by atoms with Crippen molar-refractivity contribution >= 4 is 29.4 Å². The van der Waals surface area contributed by atoms with E-state index in [1.165, 1.54) is 27.7 Å². The van der Waals surface area contributed by atoms with Crippen molar-refractivity contribution in [2.45, 2.75) is 39.8 Å². The van der Waals surface area contributed by atoms with Crippen LogP contribution in [0.4, 0.5) is 0 Å². The fourth-order valence-electron chi connectivity index (χ4n) is 1.57. The maximum absolute atomic E-state index is 12.0. The highest BCUT2D eigenvalue weighted by Crippen LogP contribution is 1.89. The fraction of sp³-hybridized carbons (Fsp3) is 0.615. The van der Waals surface area contributed by atoms with Gasteiger partial charge in [0, 0.05) is 33.9 Å². The summed E-state index contributed by atoms with van der Waals surface area (Å²) in [6.45, 7) is 4.88. The molecule has 0 spiro atoms. The molecular formula is C13H22N4O5. The number of rotatable bonds is 8. The highest BCUT2D eigenvalue weighted by atomic mass is 16.2. The zero-order chi connectivity index (χ0) is 17.3. The Morgan fingerprint density at radius 3 is 1.55 bits per heavy atom. The molecule has 0 aromatic heterocycles. The Morgan fingerprint density at radius 1 is 0.682 bits per heavy atom. The average Bonchev–Trinajstić information content (AvgIpc) is 2.37. The minimum Gasteiger partial charge on any atom is -0.354 e. The molecule has 4 amide bonds. The Morgan fingerprint density at radius 2 is 1.14 bits per heavy atom. The predicted octanol–water partition coefficient (Wildman–Crippen LogP) is -2.16. The molecule has 4 N–H and O–H groups in total. The monoisotopic (exact) mass is 314 g/mol. The molecule has 0 saturated heterocycles. The van der Waals surface area contributed by atoms with Gasteiger partial charge in [-0.3, -0.25) is 24.0 Å². The largest absolute Gasteiger partial charge is 0.354 e. The van der Waals surface area contributed by atoms with E-state index in [4.69, 9.17) is 0 Å². The molecule has 2 atom stereocenters. The summed E-state index contributed by atoms with van der Waals surface area (Å²) in [5.41, 5.74) is 0. The van der Waals surface area contributed by atoms with E-state index in [1.54, 1.807) is 0 Å². The van der Waals surface area contributed by atoms with Crippen LogP contribution in [0.2, 0.25) is 0 Å². The van der Waals surface area contributed by atoms with Gasteiger partial charge in [-0.1, -0.05) is 0 Å². The number of ketones is 1. The normalized spacial score (nSPS) is 12.5. The SMILES string of the molecule is CC(=O)NCC(NC(C)=O)C(=O)NCC(NC(C)=O)C(C)=O. The number of amides is 4. The molecule has 0 fully saturated rings. The van der Waals surface area contributed by atoms with Crippen molar-refractivity contribution < 1.29 is 24.0 Å². The number of carbonyl (C=O) groups is 5. The molecule has 0 bridgehead atoms. The highest BCUT2D eigenvalue weighted by Gasteiger charge is 2.22. The molecule has 0 aliphatic heterocycles. The zero-order valence-corrected chi connectivity index (χ0v) is 13.1. The number of hydrogen-bond acceptors (Lipinski definition) is 5. The lowest BCUT2D eigenvalue weighted by Crippen LogP contribution is -2.55. The summed E-state index contributed by atoms with van der Waals surface area (Å²) in [6, 6.07) is -1.81. The van der Waals surface area contributed by atoms with Gasteiger partial charge in [0.25, 0.3) is 0 Å². The van der Waals surface area contributed by atoms with Crippen molar-refractivity contribution in [3.8, 4) is 0 Å². The van der Waals surface area contributed by atoms with E-state index in [2.05, 4.69) is 21.3 Å². The molecule has 0 aliphatic rings. The molecule has 0 radical (unpaired) electrons. The van der Waals surface area contributed by atoms with Crippen LogP contribution in [0.25, 0.3) is 0 Å². The number of nitrogens with one attached hydrogen (secondary N) is 4. The Kier molecular flexibility index (Phi) is 8.42. The van der Waals surface area contributed by atoms with E-state index in [0.717, 1.165) is 0 Å². The third kappa shape index (κ3) is 8.67. The Balaban J connectivity index is 4.64. The van der Waals surface area contributed by atoms with E-state index < -0.39 is 29.8 Å². The van der Waals surface area contributed by atoms with Crippen molar-refractivity contribution in [2.24, 2.45) is 0 Å². The van der Waals surface area contributed by atoms with Crippen molar-refractivity contribution in [2.75, 3.05) is 13.1 Å². The fourth-order valence-corrected chi connectivity index (χ4v) is 1.57. The third-order valence-corrected chi connectivity index (χ3v) is 2.60. The molecule has 0 heterocycles. The van der Waals surface area contributed by atoms with Gasteiger partial charge in [0.15, 0.2) is 5.78 Å². The predicted molar refractivity (Wildman–Crippen MR) is 77.6 cm³/mol. The van der Waals surface area contributed by atoms with Crippen molar-refractivity contribution in [1.29, 1.82) is 0 Å². The topological polar surface area (TPSA) is 133 Å². The maximum atomic E-state index is 12.0. The number of carbonyl (C=O) groups excluding carboxylic acids is 5. The van der Waals surface area contributed by atoms with E-state index in [-0.39, 0.29) is 24.8 Å². The Labute approximate surface area is 128 Å². The summed E-state index contributed by atoms with van der Waals surface area (Å²) < 4.78 is 0. The first kappa shape index (κ1) is 19.6. The van der Waals surface area contributed by atoms with Gasteiger partial charge in [-0.25, -0.2) is 0 Å². The summed E-state index contributed by atoms with van der Waals surface area (Å²) in [5.74, 6) is -2.06. The maximum Gasteiger partial charge on any atom is 0.244 e. The van der Waals surface area contributed by atoms with Gasteiger partial charge in [-0.05, 0) is 6.92 Å². The third-order valence-electron chi connectivity index (χ3n) is 2.60. The molecule has 0 aromatic rings. The summed E-state index contributed by atoms with van der Waals surface area (Å²) in [7, 11) is 0. The molecule has 9 heteroatoms. The van der Waals surface area contributed by atoms with Crippen LogP contribution in [0.15, 0.2) is 0 Å².